The number of carboxylic acids is 3. The van der Waals surface area contributed by atoms with E-state index in [2.05, 4.69) is 10.3 Å². The number of nitrogens with zero attached hydrogens (tertiary/aromatic N) is 1. The van der Waals surface area contributed by atoms with E-state index < -0.39 is 30.0 Å². The number of halogens is 1. The van der Waals surface area contributed by atoms with E-state index >= 15 is 0 Å². The van der Waals surface area contributed by atoms with Crippen LogP contribution in [0.25, 0.3) is 10.9 Å². The average molecular weight is 354 g/mol. The molecule has 0 saturated carbocycles. The Morgan fingerprint density at radius 1 is 1.21 bits per heavy atom. The van der Waals surface area contributed by atoms with Gasteiger partial charge in [-0.1, -0.05) is 11.6 Å². The number of rotatable bonds is 6. The Labute approximate surface area is 139 Å². The van der Waals surface area contributed by atoms with Crippen LogP contribution in [0, 0.1) is 0 Å². The van der Waals surface area contributed by atoms with E-state index in [4.69, 9.17) is 22.4 Å². The van der Waals surface area contributed by atoms with E-state index in [1.54, 1.807) is 0 Å². The van der Waals surface area contributed by atoms with Crippen molar-refractivity contribution in [1.29, 1.82) is 0 Å². The van der Waals surface area contributed by atoms with Crippen molar-refractivity contribution in [2.45, 2.75) is 12.1 Å². The van der Waals surface area contributed by atoms with Gasteiger partial charge in [0.2, 0.25) is 0 Å². The van der Waals surface area contributed by atoms with Crippen LogP contribution in [0.2, 0.25) is 5.02 Å². The fraction of sp³-hybridized carbons (Fsp3) is 0.143. The predicted octanol–water partition coefficient (Wildman–Crippen LogP) is 1.21. The highest BCUT2D eigenvalue weighted by Gasteiger charge is 2.38. The first-order chi connectivity index (χ1) is 11.1. The summed E-state index contributed by atoms with van der Waals surface area (Å²) >= 11 is 5.84. The Morgan fingerprint density at radius 2 is 1.88 bits per heavy atom. The number of carbonyl (C=O) groups is 3. The number of nitrogens with one attached hydrogen (secondary N) is 1. The lowest BCUT2D eigenvalue weighted by Crippen LogP contribution is -2.56. The van der Waals surface area contributed by atoms with Gasteiger partial charge in [0, 0.05) is 10.4 Å². The SMILES string of the molecule is N[C@@](CC(=O)O)(Nc1nc2ccc(Cl)cc2cc1C(=O)O)C(=O)O. The largest absolute Gasteiger partial charge is 0.481 e. The first-order valence-corrected chi connectivity index (χ1v) is 6.86. The van der Waals surface area contributed by atoms with Gasteiger partial charge in [-0.3, -0.25) is 10.5 Å². The molecule has 9 nitrogen and oxygen atoms in total. The Balaban J connectivity index is 2.59. The van der Waals surface area contributed by atoms with Gasteiger partial charge in [0.1, 0.15) is 11.4 Å². The van der Waals surface area contributed by atoms with Gasteiger partial charge in [-0.15, -0.1) is 0 Å². The van der Waals surface area contributed by atoms with Crippen molar-refractivity contribution in [3.8, 4) is 0 Å². The maximum atomic E-state index is 11.4. The predicted molar refractivity (Wildman–Crippen MR) is 84.1 cm³/mol. The number of pyridine rings is 1. The van der Waals surface area contributed by atoms with Crippen molar-refractivity contribution in [2.24, 2.45) is 5.73 Å². The van der Waals surface area contributed by atoms with Gasteiger partial charge in [0.15, 0.2) is 5.66 Å². The molecule has 0 bridgehead atoms. The molecule has 1 atom stereocenters. The summed E-state index contributed by atoms with van der Waals surface area (Å²) in [5, 5.41) is 30.3. The Kier molecular flexibility index (Phi) is 4.58. The number of aliphatic carboxylic acids is 2. The van der Waals surface area contributed by atoms with Crippen molar-refractivity contribution < 1.29 is 29.7 Å². The molecule has 0 aliphatic heterocycles. The van der Waals surface area contributed by atoms with Crippen molar-refractivity contribution in [1.82, 2.24) is 4.98 Å². The normalized spacial score (nSPS) is 13.2. The molecule has 2 rings (SSSR count). The van der Waals surface area contributed by atoms with E-state index in [1.807, 2.05) is 0 Å². The summed E-state index contributed by atoms with van der Waals surface area (Å²) in [5.74, 6) is -4.89. The summed E-state index contributed by atoms with van der Waals surface area (Å²) in [6, 6.07) is 5.75. The number of aromatic carboxylic acids is 1. The molecule has 10 heteroatoms. The molecule has 6 N–H and O–H groups in total. The van der Waals surface area contributed by atoms with Gasteiger partial charge in [-0.25, -0.2) is 14.6 Å². The maximum Gasteiger partial charge on any atom is 0.345 e. The van der Waals surface area contributed by atoms with E-state index in [0.717, 1.165) is 0 Å². The van der Waals surface area contributed by atoms with E-state index in [9.17, 15) is 24.6 Å². The van der Waals surface area contributed by atoms with Crippen molar-refractivity contribution in [2.75, 3.05) is 5.32 Å². The molecule has 1 aromatic carbocycles. The molecule has 0 fully saturated rings. The number of anilines is 1. The third-order valence-electron chi connectivity index (χ3n) is 3.16. The lowest BCUT2D eigenvalue weighted by Gasteiger charge is -2.25. The summed E-state index contributed by atoms with van der Waals surface area (Å²) < 4.78 is 0. The fourth-order valence-electron chi connectivity index (χ4n) is 2.03. The van der Waals surface area contributed by atoms with Crippen molar-refractivity contribution >= 4 is 46.2 Å². The molecule has 0 saturated heterocycles. The minimum Gasteiger partial charge on any atom is -0.481 e. The van der Waals surface area contributed by atoms with Gasteiger partial charge < -0.3 is 20.6 Å². The molecule has 0 unspecified atom stereocenters. The molecule has 0 spiro atoms. The zero-order valence-electron chi connectivity index (χ0n) is 12.0. The zero-order chi connectivity index (χ0) is 18.1. The van der Waals surface area contributed by atoms with Crippen LogP contribution in [-0.2, 0) is 9.59 Å². The molecule has 1 heterocycles. The molecule has 2 aromatic rings. The van der Waals surface area contributed by atoms with Crippen LogP contribution in [0.3, 0.4) is 0 Å². The standard InChI is InChI=1S/C14H12ClN3O6/c15-7-1-2-9-6(3-7)4-8(12(21)22)11(17-9)18-14(16,13(23)24)5-10(19)20/h1-4H,5,16H2,(H,17,18)(H,19,20)(H,21,22)(H,23,24)/t14-/m0/s1. The lowest BCUT2D eigenvalue weighted by atomic mass is 10.1. The first kappa shape index (κ1) is 17.4. The third-order valence-corrected chi connectivity index (χ3v) is 3.40. The highest BCUT2D eigenvalue weighted by atomic mass is 35.5. The second-order valence-corrected chi connectivity index (χ2v) is 5.44. The van der Waals surface area contributed by atoms with Crippen molar-refractivity contribution in [3.63, 3.8) is 0 Å². The Morgan fingerprint density at radius 3 is 2.42 bits per heavy atom. The minimum absolute atomic E-state index is 0.329. The summed E-state index contributed by atoms with van der Waals surface area (Å²) in [7, 11) is 0. The van der Waals surface area contributed by atoms with Gasteiger partial charge in [-0.05, 0) is 24.3 Å². The second-order valence-electron chi connectivity index (χ2n) is 5.00. The Hall–Kier alpha value is -2.91. The second kappa shape index (κ2) is 6.30. The number of benzene rings is 1. The molecular formula is C14H12ClN3O6. The molecule has 126 valence electrons. The van der Waals surface area contributed by atoms with Crippen LogP contribution in [0.4, 0.5) is 5.82 Å². The number of nitrogens with two attached hydrogens (primary N) is 1. The molecule has 0 radical (unpaired) electrons. The van der Waals surface area contributed by atoms with Gasteiger partial charge in [-0.2, -0.15) is 0 Å². The number of fused-ring (bicyclic) bond motifs is 1. The first-order valence-electron chi connectivity index (χ1n) is 6.48. The number of carboxylic acid groups (broad SMARTS) is 3. The van der Waals surface area contributed by atoms with Crippen LogP contribution < -0.4 is 11.1 Å². The van der Waals surface area contributed by atoms with Crippen LogP contribution >= 0.6 is 11.6 Å². The monoisotopic (exact) mass is 353 g/mol. The highest BCUT2D eigenvalue weighted by molar-refractivity contribution is 6.31. The average Bonchev–Trinajstić information content (AvgIpc) is 2.45. The van der Waals surface area contributed by atoms with Crippen molar-refractivity contribution in [3.05, 3.63) is 34.9 Å². The molecular weight excluding hydrogens is 342 g/mol. The highest BCUT2D eigenvalue weighted by Crippen LogP contribution is 2.25. The van der Waals surface area contributed by atoms with Crippen LogP contribution in [0.15, 0.2) is 24.3 Å². The molecule has 24 heavy (non-hydrogen) atoms. The van der Waals surface area contributed by atoms with Gasteiger partial charge in [0.05, 0.1) is 11.9 Å². The van der Waals surface area contributed by atoms with Crippen LogP contribution in [0.1, 0.15) is 16.8 Å². The zero-order valence-corrected chi connectivity index (χ0v) is 12.7. The third kappa shape index (κ3) is 3.53. The topological polar surface area (TPSA) is 163 Å². The molecule has 0 amide bonds. The van der Waals surface area contributed by atoms with Gasteiger partial charge >= 0.3 is 17.9 Å². The van der Waals surface area contributed by atoms with E-state index in [1.165, 1.54) is 24.3 Å². The van der Waals surface area contributed by atoms with Crippen LogP contribution in [0.5, 0.6) is 0 Å². The molecule has 1 aromatic heterocycles. The fourth-order valence-corrected chi connectivity index (χ4v) is 2.21. The molecule has 0 aliphatic rings. The summed E-state index contributed by atoms with van der Waals surface area (Å²) in [5.41, 5.74) is 3.10. The number of hydrogen-bond acceptors (Lipinski definition) is 6. The van der Waals surface area contributed by atoms with Crippen LogP contribution in [-0.4, -0.2) is 43.9 Å². The molecule has 0 aliphatic carbocycles. The lowest BCUT2D eigenvalue weighted by molar-refractivity contribution is -0.148. The minimum atomic E-state index is -2.43. The Bertz CT molecular complexity index is 856. The number of hydrogen-bond donors (Lipinski definition) is 5. The summed E-state index contributed by atoms with van der Waals surface area (Å²) in [6.45, 7) is 0. The smallest absolute Gasteiger partial charge is 0.345 e. The summed E-state index contributed by atoms with van der Waals surface area (Å²) in [4.78, 5) is 37.6. The van der Waals surface area contributed by atoms with E-state index in [-0.39, 0.29) is 11.4 Å². The maximum absolute atomic E-state index is 11.4. The number of aromatic nitrogens is 1. The van der Waals surface area contributed by atoms with Gasteiger partial charge in [0.25, 0.3) is 0 Å². The summed E-state index contributed by atoms with van der Waals surface area (Å²) in [6.07, 6.45) is -0.984. The van der Waals surface area contributed by atoms with E-state index in [0.29, 0.717) is 15.9 Å². The quantitative estimate of drug-likeness (QED) is 0.480.